The van der Waals surface area contributed by atoms with Gasteiger partial charge < -0.3 is 5.11 Å². The number of nitrogens with one attached hydrogen (secondary N) is 1. The van der Waals surface area contributed by atoms with Crippen molar-refractivity contribution < 1.29 is 19.5 Å². The fourth-order valence-electron chi connectivity index (χ4n) is 2.35. The molecule has 1 aliphatic rings. The Kier molecular flexibility index (Phi) is 4.29. The normalized spacial score (nSPS) is 16.3. The van der Waals surface area contributed by atoms with Crippen LogP contribution in [0.25, 0.3) is 6.08 Å². The number of barbiturate groups is 1. The van der Waals surface area contributed by atoms with E-state index < -0.39 is 17.8 Å². The molecule has 3 rings (SSSR count). The Morgan fingerprint density at radius 2 is 1.76 bits per heavy atom. The molecule has 1 fully saturated rings. The predicted octanol–water partition coefficient (Wildman–Crippen LogP) is 3.02. The van der Waals surface area contributed by atoms with Gasteiger partial charge >= 0.3 is 6.03 Å². The van der Waals surface area contributed by atoms with Gasteiger partial charge in [-0.2, -0.15) is 0 Å². The molecule has 0 saturated carbocycles. The third-order valence-electron chi connectivity index (χ3n) is 3.72. The number of carbonyl (C=O) groups excluding carboxylic acids is 3. The Bertz CT molecular complexity index is 919. The van der Waals surface area contributed by atoms with E-state index in [0.717, 1.165) is 10.5 Å². The first-order valence-electron chi connectivity index (χ1n) is 7.33. The van der Waals surface area contributed by atoms with Crippen LogP contribution in [0.3, 0.4) is 0 Å². The summed E-state index contributed by atoms with van der Waals surface area (Å²) in [7, 11) is 0. The van der Waals surface area contributed by atoms with E-state index in [1.165, 1.54) is 24.3 Å². The van der Waals surface area contributed by atoms with Crippen molar-refractivity contribution in [3.05, 3.63) is 64.2 Å². The Morgan fingerprint density at radius 1 is 1.08 bits per heavy atom. The van der Waals surface area contributed by atoms with E-state index in [9.17, 15) is 19.5 Å². The van der Waals surface area contributed by atoms with Crippen LogP contribution < -0.4 is 10.2 Å². The minimum Gasteiger partial charge on any atom is -0.508 e. The van der Waals surface area contributed by atoms with E-state index >= 15 is 0 Å². The van der Waals surface area contributed by atoms with Crippen LogP contribution in [0.1, 0.15) is 11.1 Å². The van der Waals surface area contributed by atoms with Gasteiger partial charge in [0.1, 0.15) is 11.3 Å². The van der Waals surface area contributed by atoms with Crippen LogP contribution in [-0.2, 0) is 9.59 Å². The SMILES string of the molecule is Cc1ccc(N2C(=O)NC(=O)/C(=C/c3ccc(O)cc3)C2=O)cc1Cl. The number of carbonyl (C=O) groups is 3. The highest BCUT2D eigenvalue weighted by Gasteiger charge is 2.36. The van der Waals surface area contributed by atoms with Crippen molar-refractivity contribution in [1.29, 1.82) is 0 Å². The van der Waals surface area contributed by atoms with Crippen molar-refractivity contribution in [2.45, 2.75) is 6.92 Å². The lowest BCUT2D eigenvalue weighted by atomic mass is 10.1. The molecule has 2 N–H and O–H groups in total. The van der Waals surface area contributed by atoms with Crippen molar-refractivity contribution >= 4 is 41.2 Å². The minimum atomic E-state index is -0.835. The second-order valence-corrected chi connectivity index (χ2v) is 5.89. The highest BCUT2D eigenvalue weighted by atomic mass is 35.5. The Morgan fingerprint density at radius 3 is 2.40 bits per heavy atom. The number of nitrogens with zero attached hydrogens (tertiary/aromatic N) is 1. The maximum Gasteiger partial charge on any atom is 0.335 e. The van der Waals surface area contributed by atoms with Crippen LogP contribution in [-0.4, -0.2) is 23.0 Å². The first-order chi connectivity index (χ1) is 11.9. The fourth-order valence-corrected chi connectivity index (χ4v) is 2.52. The molecule has 1 saturated heterocycles. The molecule has 0 unspecified atom stereocenters. The number of halogens is 1. The number of rotatable bonds is 2. The summed E-state index contributed by atoms with van der Waals surface area (Å²) in [5.41, 5.74) is 1.41. The molecule has 0 spiro atoms. The Hall–Kier alpha value is -3.12. The summed E-state index contributed by atoms with van der Waals surface area (Å²) >= 11 is 6.06. The summed E-state index contributed by atoms with van der Waals surface area (Å²) < 4.78 is 0. The Balaban J connectivity index is 2.02. The smallest absolute Gasteiger partial charge is 0.335 e. The lowest BCUT2D eigenvalue weighted by molar-refractivity contribution is -0.122. The highest BCUT2D eigenvalue weighted by Crippen LogP contribution is 2.26. The van der Waals surface area contributed by atoms with Gasteiger partial charge in [0, 0.05) is 5.02 Å². The summed E-state index contributed by atoms with van der Waals surface area (Å²) in [6.07, 6.45) is 1.35. The van der Waals surface area contributed by atoms with E-state index in [0.29, 0.717) is 10.6 Å². The molecule has 0 aliphatic carbocycles. The average Bonchev–Trinajstić information content (AvgIpc) is 2.56. The molecule has 4 amide bonds. The van der Waals surface area contributed by atoms with Crippen LogP contribution in [0.15, 0.2) is 48.0 Å². The second kappa shape index (κ2) is 6.41. The first kappa shape index (κ1) is 16.7. The van der Waals surface area contributed by atoms with Crippen molar-refractivity contribution in [2.75, 3.05) is 4.90 Å². The van der Waals surface area contributed by atoms with Crippen molar-refractivity contribution in [1.82, 2.24) is 5.32 Å². The maximum atomic E-state index is 12.7. The second-order valence-electron chi connectivity index (χ2n) is 5.48. The number of urea groups is 1. The molecule has 0 atom stereocenters. The maximum absolute atomic E-state index is 12.7. The molecule has 0 radical (unpaired) electrons. The van der Waals surface area contributed by atoms with Crippen LogP contribution in [0.5, 0.6) is 5.75 Å². The zero-order valence-electron chi connectivity index (χ0n) is 13.1. The number of aromatic hydroxyl groups is 1. The predicted molar refractivity (Wildman–Crippen MR) is 93.3 cm³/mol. The quantitative estimate of drug-likeness (QED) is 0.639. The molecule has 25 heavy (non-hydrogen) atoms. The zero-order chi connectivity index (χ0) is 18.1. The van der Waals surface area contributed by atoms with Crippen LogP contribution >= 0.6 is 11.6 Å². The zero-order valence-corrected chi connectivity index (χ0v) is 13.9. The number of benzene rings is 2. The van der Waals surface area contributed by atoms with Crippen molar-refractivity contribution in [3.63, 3.8) is 0 Å². The number of phenolic OH excluding ortho intramolecular Hbond substituents is 1. The van der Waals surface area contributed by atoms with E-state index in [4.69, 9.17) is 11.6 Å². The van der Waals surface area contributed by atoms with Crippen molar-refractivity contribution in [2.24, 2.45) is 0 Å². The molecule has 126 valence electrons. The molecule has 0 bridgehead atoms. The molecule has 6 nitrogen and oxygen atoms in total. The van der Waals surface area contributed by atoms with Crippen LogP contribution in [0, 0.1) is 6.92 Å². The number of phenols is 1. The van der Waals surface area contributed by atoms with E-state index in [1.807, 2.05) is 0 Å². The number of amides is 4. The lowest BCUT2D eigenvalue weighted by Gasteiger charge is -2.26. The molecular formula is C18H13ClN2O4. The summed E-state index contributed by atoms with van der Waals surface area (Å²) in [5.74, 6) is -1.47. The topological polar surface area (TPSA) is 86.7 Å². The monoisotopic (exact) mass is 356 g/mol. The molecule has 2 aromatic carbocycles. The third-order valence-corrected chi connectivity index (χ3v) is 4.13. The summed E-state index contributed by atoms with van der Waals surface area (Å²) in [6, 6.07) is 9.87. The molecule has 1 heterocycles. The summed E-state index contributed by atoms with van der Waals surface area (Å²) in [6.45, 7) is 1.80. The highest BCUT2D eigenvalue weighted by molar-refractivity contribution is 6.39. The van der Waals surface area contributed by atoms with E-state index in [-0.39, 0.29) is 17.0 Å². The van der Waals surface area contributed by atoms with Gasteiger partial charge in [0.05, 0.1) is 5.69 Å². The molecule has 2 aromatic rings. The van der Waals surface area contributed by atoms with Gasteiger partial charge in [-0.25, -0.2) is 9.69 Å². The number of hydrogen-bond donors (Lipinski definition) is 2. The summed E-state index contributed by atoms with van der Waals surface area (Å²) in [4.78, 5) is 37.7. The molecule has 1 aliphatic heterocycles. The Labute approximate surface area is 148 Å². The van der Waals surface area contributed by atoms with Crippen molar-refractivity contribution in [3.8, 4) is 5.75 Å². The molecule has 0 aromatic heterocycles. The van der Waals surface area contributed by atoms with E-state index in [1.54, 1.807) is 31.2 Å². The van der Waals surface area contributed by atoms with Gasteiger partial charge in [0.25, 0.3) is 11.8 Å². The number of hydrogen-bond acceptors (Lipinski definition) is 4. The van der Waals surface area contributed by atoms with Gasteiger partial charge in [-0.1, -0.05) is 29.8 Å². The number of imide groups is 2. The lowest BCUT2D eigenvalue weighted by Crippen LogP contribution is -2.54. The first-order valence-corrected chi connectivity index (χ1v) is 7.71. The standard InChI is InChI=1S/C18H13ClN2O4/c1-10-2-5-12(9-15(10)19)21-17(24)14(16(23)20-18(21)25)8-11-3-6-13(22)7-4-11/h2-9,22H,1H3,(H,20,23,25)/b14-8-. The van der Waals surface area contributed by atoms with Gasteiger partial charge in [0.2, 0.25) is 0 Å². The van der Waals surface area contributed by atoms with E-state index in [2.05, 4.69) is 5.32 Å². The van der Waals surface area contributed by atoms with Gasteiger partial charge in [-0.15, -0.1) is 0 Å². The van der Waals surface area contributed by atoms with Gasteiger partial charge in [-0.05, 0) is 48.4 Å². The number of anilines is 1. The summed E-state index contributed by atoms with van der Waals surface area (Å²) in [5, 5.41) is 11.9. The largest absolute Gasteiger partial charge is 0.508 e. The molecular weight excluding hydrogens is 344 g/mol. The average molecular weight is 357 g/mol. The van der Waals surface area contributed by atoms with Crippen LogP contribution in [0.2, 0.25) is 5.02 Å². The molecule has 7 heteroatoms. The third kappa shape index (κ3) is 3.25. The fraction of sp³-hybridized carbons (Fsp3) is 0.0556. The number of aryl methyl sites for hydroxylation is 1. The van der Waals surface area contributed by atoms with Gasteiger partial charge in [-0.3, -0.25) is 14.9 Å². The van der Waals surface area contributed by atoms with Gasteiger partial charge in [0.15, 0.2) is 0 Å². The van der Waals surface area contributed by atoms with Crippen LogP contribution in [0.4, 0.5) is 10.5 Å². The minimum absolute atomic E-state index is 0.0627.